The number of nitriles is 1. The molecule has 1 aliphatic rings. The Balaban J connectivity index is 1.77. The Labute approximate surface area is 167 Å². The van der Waals surface area contributed by atoms with Crippen LogP contribution in [0.25, 0.3) is 0 Å². The van der Waals surface area contributed by atoms with Crippen LogP contribution in [0.4, 0.5) is 19.0 Å². The van der Waals surface area contributed by atoms with Crippen LogP contribution in [0.1, 0.15) is 48.1 Å². The fourth-order valence-electron chi connectivity index (χ4n) is 3.34. The number of hydrogen-bond acceptors (Lipinski definition) is 4. The second kappa shape index (κ2) is 8.52. The molecule has 3 rings (SSSR count). The molecular weight excluding hydrogens is 381 g/mol. The number of hydrogen-bond donors (Lipinski definition) is 1. The Morgan fingerprint density at radius 1 is 1.28 bits per heavy atom. The summed E-state index contributed by atoms with van der Waals surface area (Å²) in [6, 6.07) is 11.1. The number of aromatic nitrogens is 1. The Kier molecular flexibility index (Phi) is 6.06. The summed E-state index contributed by atoms with van der Waals surface area (Å²) in [5.74, 6) is -0.495. The van der Waals surface area contributed by atoms with E-state index in [0.717, 1.165) is 18.9 Å². The van der Waals surface area contributed by atoms with E-state index in [1.807, 2.05) is 11.0 Å². The highest BCUT2D eigenvalue weighted by molar-refractivity contribution is 5.83. The molecule has 0 spiro atoms. The van der Waals surface area contributed by atoms with Crippen LogP contribution in [0, 0.1) is 11.3 Å². The fourth-order valence-corrected chi connectivity index (χ4v) is 3.34. The van der Waals surface area contributed by atoms with Gasteiger partial charge >= 0.3 is 6.18 Å². The van der Waals surface area contributed by atoms with Crippen molar-refractivity contribution in [2.45, 2.75) is 38.4 Å². The van der Waals surface area contributed by atoms with Gasteiger partial charge in [0, 0.05) is 25.2 Å². The minimum Gasteiger partial charge on any atom is -0.356 e. The smallest absolute Gasteiger partial charge is 0.356 e. The number of alkyl halides is 3. The standard InChI is InChI=1S/C21H21F3N4O/c1-14(16-6-4-5-15(11-16)12-25)20(29)26-13-17-7-8-18(21(22,23)24)27-19(17)28-9-2-3-10-28/h4-8,11,14H,2-3,9-10,13H2,1H3,(H,26,29). The summed E-state index contributed by atoms with van der Waals surface area (Å²) in [5, 5.41) is 11.8. The number of anilines is 1. The topological polar surface area (TPSA) is 69.0 Å². The predicted octanol–water partition coefficient (Wildman–Crippen LogP) is 3.99. The van der Waals surface area contributed by atoms with E-state index in [1.54, 1.807) is 31.2 Å². The Morgan fingerprint density at radius 2 is 2.00 bits per heavy atom. The summed E-state index contributed by atoms with van der Waals surface area (Å²) in [7, 11) is 0. The van der Waals surface area contributed by atoms with Crippen molar-refractivity contribution in [1.29, 1.82) is 5.26 Å². The van der Waals surface area contributed by atoms with Gasteiger partial charge in [-0.05, 0) is 43.5 Å². The zero-order valence-electron chi connectivity index (χ0n) is 16.0. The predicted molar refractivity (Wildman–Crippen MR) is 102 cm³/mol. The van der Waals surface area contributed by atoms with Gasteiger partial charge in [-0.15, -0.1) is 0 Å². The molecule has 1 aromatic carbocycles. The number of amides is 1. The monoisotopic (exact) mass is 402 g/mol. The summed E-state index contributed by atoms with van der Waals surface area (Å²) in [5.41, 5.74) is 0.777. The maximum atomic E-state index is 13.1. The average molecular weight is 402 g/mol. The molecule has 1 aliphatic heterocycles. The summed E-state index contributed by atoms with van der Waals surface area (Å²) in [6.07, 6.45) is -2.72. The Morgan fingerprint density at radius 3 is 2.66 bits per heavy atom. The van der Waals surface area contributed by atoms with Crippen molar-refractivity contribution >= 4 is 11.7 Å². The molecule has 8 heteroatoms. The molecule has 1 unspecified atom stereocenters. The summed E-state index contributed by atoms with van der Waals surface area (Å²) < 4.78 is 39.2. The van der Waals surface area contributed by atoms with Gasteiger partial charge in [0.25, 0.3) is 0 Å². The molecule has 152 valence electrons. The molecule has 1 amide bonds. The lowest BCUT2D eigenvalue weighted by molar-refractivity contribution is -0.141. The van der Waals surface area contributed by atoms with Gasteiger partial charge in [-0.1, -0.05) is 18.2 Å². The van der Waals surface area contributed by atoms with E-state index in [-0.39, 0.29) is 18.3 Å². The van der Waals surface area contributed by atoms with Gasteiger partial charge in [0.05, 0.1) is 17.6 Å². The van der Waals surface area contributed by atoms with E-state index < -0.39 is 17.8 Å². The van der Waals surface area contributed by atoms with Crippen molar-refractivity contribution in [1.82, 2.24) is 10.3 Å². The minimum absolute atomic E-state index is 0.0814. The fraction of sp³-hybridized carbons (Fsp3) is 0.381. The third-order valence-electron chi connectivity index (χ3n) is 5.01. The van der Waals surface area contributed by atoms with Crippen LogP contribution in [0.5, 0.6) is 0 Å². The van der Waals surface area contributed by atoms with Gasteiger partial charge in [-0.3, -0.25) is 4.79 Å². The number of nitrogens with one attached hydrogen (secondary N) is 1. The third kappa shape index (κ3) is 4.86. The quantitative estimate of drug-likeness (QED) is 0.821. The van der Waals surface area contributed by atoms with E-state index in [0.29, 0.717) is 29.8 Å². The molecule has 1 N–H and O–H groups in total. The van der Waals surface area contributed by atoms with Crippen LogP contribution in [-0.4, -0.2) is 24.0 Å². The lowest BCUT2D eigenvalue weighted by atomic mass is 9.98. The molecule has 2 heterocycles. The molecule has 29 heavy (non-hydrogen) atoms. The molecular formula is C21H21F3N4O. The number of halogens is 3. The molecule has 0 aliphatic carbocycles. The van der Waals surface area contributed by atoms with Crippen LogP contribution in [0.2, 0.25) is 0 Å². The molecule has 1 fully saturated rings. The van der Waals surface area contributed by atoms with Gasteiger partial charge in [-0.25, -0.2) is 4.98 Å². The third-order valence-corrected chi connectivity index (χ3v) is 5.01. The highest BCUT2D eigenvalue weighted by Crippen LogP contribution is 2.31. The van der Waals surface area contributed by atoms with Gasteiger partial charge in [-0.2, -0.15) is 18.4 Å². The maximum absolute atomic E-state index is 13.1. The number of benzene rings is 1. The number of rotatable bonds is 5. The first-order valence-electron chi connectivity index (χ1n) is 9.39. The molecule has 0 radical (unpaired) electrons. The maximum Gasteiger partial charge on any atom is 0.433 e. The molecule has 2 aromatic rings. The normalized spacial score (nSPS) is 15.1. The second-order valence-electron chi connectivity index (χ2n) is 7.05. The van der Waals surface area contributed by atoms with Crippen molar-refractivity contribution < 1.29 is 18.0 Å². The Bertz CT molecular complexity index is 930. The zero-order chi connectivity index (χ0) is 21.0. The lowest BCUT2D eigenvalue weighted by Crippen LogP contribution is -2.29. The van der Waals surface area contributed by atoms with Crippen molar-refractivity contribution in [3.63, 3.8) is 0 Å². The number of nitrogens with zero attached hydrogens (tertiary/aromatic N) is 3. The molecule has 5 nitrogen and oxygen atoms in total. The van der Waals surface area contributed by atoms with E-state index in [2.05, 4.69) is 10.3 Å². The molecule has 0 saturated carbocycles. The van der Waals surface area contributed by atoms with E-state index in [9.17, 15) is 18.0 Å². The van der Waals surface area contributed by atoms with Crippen LogP contribution < -0.4 is 10.2 Å². The van der Waals surface area contributed by atoms with Crippen LogP contribution >= 0.6 is 0 Å². The van der Waals surface area contributed by atoms with E-state index >= 15 is 0 Å². The molecule has 0 bridgehead atoms. The van der Waals surface area contributed by atoms with Gasteiger partial charge in [0.2, 0.25) is 5.91 Å². The van der Waals surface area contributed by atoms with Crippen LogP contribution in [0.3, 0.4) is 0 Å². The van der Waals surface area contributed by atoms with Crippen LogP contribution in [0.15, 0.2) is 36.4 Å². The summed E-state index contributed by atoms with van der Waals surface area (Å²) >= 11 is 0. The van der Waals surface area contributed by atoms with Crippen molar-refractivity contribution in [3.05, 3.63) is 58.8 Å². The van der Waals surface area contributed by atoms with E-state index in [1.165, 1.54) is 6.07 Å². The van der Waals surface area contributed by atoms with Gasteiger partial charge < -0.3 is 10.2 Å². The first-order chi connectivity index (χ1) is 13.8. The van der Waals surface area contributed by atoms with Crippen molar-refractivity contribution in [2.75, 3.05) is 18.0 Å². The minimum atomic E-state index is -4.52. The number of carbonyl (C=O) groups is 1. The first-order valence-corrected chi connectivity index (χ1v) is 9.39. The van der Waals surface area contributed by atoms with Crippen LogP contribution in [-0.2, 0) is 17.5 Å². The lowest BCUT2D eigenvalue weighted by Gasteiger charge is -2.22. The number of carbonyl (C=O) groups excluding carboxylic acids is 1. The van der Waals surface area contributed by atoms with Gasteiger partial charge in [0.1, 0.15) is 11.5 Å². The summed E-state index contributed by atoms with van der Waals surface area (Å²) in [4.78, 5) is 18.2. The molecule has 1 saturated heterocycles. The average Bonchev–Trinajstić information content (AvgIpc) is 3.25. The zero-order valence-corrected chi connectivity index (χ0v) is 16.0. The second-order valence-corrected chi connectivity index (χ2v) is 7.05. The van der Waals surface area contributed by atoms with Gasteiger partial charge in [0.15, 0.2) is 0 Å². The SMILES string of the molecule is CC(C(=O)NCc1ccc(C(F)(F)F)nc1N1CCCC1)c1cccc(C#N)c1. The van der Waals surface area contributed by atoms with Crippen molar-refractivity contribution in [3.8, 4) is 6.07 Å². The first kappa shape index (κ1) is 20.6. The van der Waals surface area contributed by atoms with E-state index in [4.69, 9.17) is 5.26 Å². The highest BCUT2D eigenvalue weighted by Gasteiger charge is 2.34. The Hall–Kier alpha value is -3.08. The molecule has 1 atom stereocenters. The highest BCUT2D eigenvalue weighted by atomic mass is 19.4. The largest absolute Gasteiger partial charge is 0.433 e. The summed E-state index contributed by atoms with van der Waals surface area (Å²) in [6.45, 7) is 3.09. The number of pyridine rings is 1. The molecule has 1 aromatic heterocycles. The van der Waals surface area contributed by atoms with Crippen molar-refractivity contribution in [2.24, 2.45) is 0 Å².